The number of carbonyl (C=O) groups is 2. The highest BCUT2D eigenvalue weighted by atomic mass is 35.5. The zero-order valence-corrected chi connectivity index (χ0v) is 21.6. The summed E-state index contributed by atoms with van der Waals surface area (Å²) in [5.41, 5.74) is 4.46. The minimum atomic E-state index is -4.59. The van der Waals surface area contributed by atoms with E-state index in [0.717, 1.165) is 35.2 Å². The van der Waals surface area contributed by atoms with Crippen LogP contribution in [0.25, 0.3) is 0 Å². The number of piperidine rings is 1. The quantitative estimate of drug-likeness (QED) is 0.280. The molecule has 0 aromatic heterocycles. The lowest BCUT2D eigenvalue weighted by molar-refractivity contribution is -0.137. The molecule has 1 heterocycles. The van der Waals surface area contributed by atoms with Crippen molar-refractivity contribution >= 4 is 35.1 Å². The normalized spacial score (nSPS) is 14.9. The number of urea groups is 1. The second-order valence-electron chi connectivity index (χ2n) is 9.12. The van der Waals surface area contributed by atoms with Crippen LogP contribution in [0.4, 0.5) is 28.0 Å². The van der Waals surface area contributed by atoms with Crippen molar-refractivity contribution in [1.82, 2.24) is 10.2 Å². The van der Waals surface area contributed by atoms with Gasteiger partial charge in [0, 0.05) is 30.1 Å². The Morgan fingerprint density at radius 1 is 1.16 bits per heavy atom. The molecule has 3 rings (SSSR count). The molecular formula is C26H28ClF4N5O2. The van der Waals surface area contributed by atoms with Gasteiger partial charge in [0.25, 0.3) is 0 Å². The SMILES string of the molecule is C=C(N=C(c1ccc(Cl)cc1F)N(C(N)=O)c1ccc(C(F)(F)F)cc1)N1CCC(NC(=O)C(C)C)CC1. The monoisotopic (exact) mass is 553 g/mol. The number of hydrogen-bond acceptors (Lipinski definition) is 4. The smallest absolute Gasteiger partial charge is 0.357 e. The van der Waals surface area contributed by atoms with Crippen molar-refractivity contribution in [2.75, 3.05) is 18.0 Å². The van der Waals surface area contributed by atoms with Crippen LogP contribution in [0, 0.1) is 11.7 Å². The molecule has 2 aromatic rings. The summed E-state index contributed by atoms with van der Waals surface area (Å²) < 4.78 is 54.2. The van der Waals surface area contributed by atoms with Gasteiger partial charge in [0.1, 0.15) is 11.6 Å². The van der Waals surface area contributed by atoms with Gasteiger partial charge in [-0.25, -0.2) is 19.1 Å². The standard InChI is InChI=1S/C26H28ClF4N5O2/c1-15(2)24(37)34-19-10-12-35(13-11-19)16(3)33-23(21-9-6-18(27)14-22(21)28)36(25(32)38)20-7-4-17(5-8-20)26(29,30)31/h4-9,14-15,19H,3,10-13H2,1-2H3,(H2,32,38)(H,34,37). The first-order chi connectivity index (χ1) is 17.8. The molecule has 1 aliphatic heterocycles. The van der Waals surface area contributed by atoms with E-state index in [2.05, 4.69) is 16.9 Å². The number of primary amides is 1. The van der Waals surface area contributed by atoms with Crippen molar-refractivity contribution in [1.29, 1.82) is 0 Å². The molecule has 3 N–H and O–H groups in total. The van der Waals surface area contributed by atoms with Gasteiger partial charge in [-0.05, 0) is 55.3 Å². The van der Waals surface area contributed by atoms with Crippen LogP contribution in [0.15, 0.2) is 59.9 Å². The molecule has 0 aliphatic carbocycles. The van der Waals surface area contributed by atoms with E-state index in [1.165, 1.54) is 12.1 Å². The van der Waals surface area contributed by atoms with Gasteiger partial charge in [-0.15, -0.1) is 0 Å². The van der Waals surface area contributed by atoms with E-state index in [1.54, 1.807) is 18.7 Å². The van der Waals surface area contributed by atoms with Gasteiger partial charge < -0.3 is 16.0 Å². The number of benzene rings is 2. The van der Waals surface area contributed by atoms with E-state index < -0.39 is 23.6 Å². The summed E-state index contributed by atoms with van der Waals surface area (Å²) >= 11 is 5.89. The predicted octanol–water partition coefficient (Wildman–Crippen LogP) is 5.54. The van der Waals surface area contributed by atoms with Crippen LogP contribution in [-0.2, 0) is 11.0 Å². The van der Waals surface area contributed by atoms with Gasteiger partial charge >= 0.3 is 12.2 Å². The molecule has 0 bridgehead atoms. The highest BCUT2D eigenvalue weighted by Crippen LogP contribution is 2.31. The van der Waals surface area contributed by atoms with Crippen molar-refractivity contribution in [3.05, 3.63) is 76.8 Å². The maximum atomic E-state index is 15.0. The molecule has 0 spiro atoms. The third kappa shape index (κ3) is 7.03. The summed E-state index contributed by atoms with van der Waals surface area (Å²) in [4.78, 5) is 31.6. The van der Waals surface area contributed by atoms with E-state index in [9.17, 15) is 22.8 Å². The molecule has 1 fully saturated rings. The Labute approximate surface area is 222 Å². The van der Waals surface area contributed by atoms with Crippen LogP contribution in [0.2, 0.25) is 5.02 Å². The van der Waals surface area contributed by atoms with Crippen LogP contribution in [-0.4, -0.2) is 41.8 Å². The molecule has 0 atom stereocenters. The molecule has 7 nitrogen and oxygen atoms in total. The molecule has 0 unspecified atom stereocenters. The zero-order chi connectivity index (χ0) is 28.2. The molecule has 12 heteroatoms. The van der Waals surface area contributed by atoms with Crippen LogP contribution >= 0.6 is 11.6 Å². The number of likely N-dealkylation sites (tertiary alicyclic amines) is 1. The molecule has 3 amide bonds. The lowest BCUT2D eigenvalue weighted by Gasteiger charge is -2.34. The van der Waals surface area contributed by atoms with Crippen LogP contribution < -0.4 is 16.0 Å². The number of amides is 3. The van der Waals surface area contributed by atoms with Gasteiger partial charge in [0.05, 0.1) is 16.8 Å². The Kier molecular flexibility index (Phi) is 9.03. The summed E-state index contributed by atoms with van der Waals surface area (Å²) in [6.45, 7) is 8.51. The number of rotatable bonds is 6. The molecule has 1 aliphatic rings. The van der Waals surface area contributed by atoms with Gasteiger partial charge in [-0.1, -0.05) is 32.0 Å². The fraction of sp³-hybridized carbons (Fsp3) is 0.346. The molecule has 0 saturated carbocycles. The first-order valence-electron chi connectivity index (χ1n) is 11.8. The van der Waals surface area contributed by atoms with E-state index in [0.29, 0.717) is 25.9 Å². The third-order valence-corrected chi connectivity index (χ3v) is 6.26. The lowest BCUT2D eigenvalue weighted by Crippen LogP contribution is -2.46. The van der Waals surface area contributed by atoms with E-state index in [1.807, 2.05) is 0 Å². The first kappa shape index (κ1) is 29.0. The fourth-order valence-corrected chi connectivity index (χ4v) is 4.06. The average molecular weight is 554 g/mol. The van der Waals surface area contributed by atoms with E-state index in [-0.39, 0.29) is 45.8 Å². The first-order valence-corrected chi connectivity index (χ1v) is 12.2. The Morgan fingerprint density at radius 2 is 1.76 bits per heavy atom. The van der Waals surface area contributed by atoms with Gasteiger partial charge in [-0.3, -0.25) is 4.79 Å². The second kappa shape index (κ2) is 11.8. The molecule has 2 aromatic carbocycles. The minimum Gasteiger partial charge on any atom is -0.357 e. The molecule has 1 saturated heterocycles. The topological polar surface area (TPSA) is 91.0 Å². The van der Waals surface area contributed by atoms with Crippen molar-refractivity contribution in [3.63, 3.8) is 0 Å². The summed E-state index contributed by atoms with van der Waals surface area (Å²) in [6.07, 6.45) is -3.38. The third-order valence-electron chi connectivity index (χ3n) is 6.02. The average Bonchev–Trinajstić information content (AvgIpc) is 2.83. The molecule has 204 valence electrons. The molecule has 0 radical (unpaired) electrons. The Bertz CT molecular complexity index is 1220. The highest BCUT2D eigenvalue weighted by Gasteiger charge is 2.31. The Morgan fingerprint density at radius 3 is 2.26 bits per heavy atom. The van der Waals surface area contributed by atoms with Crippen LogP contribution in [0.1, 0.15) is 37.8 Å². The van der Waals surface area contributed by atoms with Crippen LogP contribution in [0.5, 0.6) is 0 Å². The maximum absolute atomic E-state index is 15.0. The number of anilines is 1. The summed E-state index contributed by atoms with van der Waals surface area (Å²) in [5, 5.41) is 3.08. The number of nitrogens with one attached hydrogen (secondary N) is 1. The van der Waals surface area contributed by atoms with Crippen molar-refractivity contribution in [3.8, 4) is 0 Å². The number of hydrogen-bond donors (Lipinski definition) is 2. The Hall–Kier alpha value is -3.60. The number of nitrogens with two attached hydrogens (primary N) is 1. The van der Waals surface area contributed by atoms with Gasteiger partial charge in [-0.2, -0.15) is 13.2 Å². The summed E-state index contributed by atoms with van der Waals surface area (Å²) in [5.74, 6) is -1.10. The number of halogens is 5. The number of alkyl halides is 3. The Balaban J connectivity index is 1.96. The van der Waals surface area contributed by atoms with E-state index >= 15 is 4.39 Å². The fourth-order valence-electron chi connectivity index (χ4n) is 3.90. The maximum Gasteiger partial charge on any atom is 0.416 e. The number of nitrogens with zero attached hydrogens (tertiary/aromatic N) is 3. The zero-order valence-electron chi connectivity index (χ0n) is 20.9. The summed E-state index contributed by atoms with van der Waals surface area (Å²) in [6, 6.07) is 6.22. The lowest BCUT2D eigenvalue weighted by atomic mass is 10.0. The minimum absolute atomic E-state index is 0.0274. The largest absolute Gasteiger partial charge is 0.416 e. The number of aliphatic imine (C=N–C) groups is 1. The van der Waals surface area contributed by atoms with Crippen LogP contribution in [0.3, 0.4) is 0 Å². The van der Waals surface area contributed by atoms with Crippen molar-refractivity contribution in [2.24, 2.45) is 16.6 Å². The number of carbonyl (C=O) groups excluding carboxylic acids is 2. The summed E-state index contributed by atoms with van der Waals surface area (Å²) in [7, 11) is 0. The van der Waals surface area contributed by atoms with Gasteiger partial charge in [0.15, 0.2) is 5.84 Å². The second-order valence-corrected chi connectivity index (χ2v) is 9.56. The molecule has 38 heavy (non-hydrogen) atoms. The van der Waals surface area contributed by atoms with Gasteiger partial charge in [0.2, 0.25) is 5.91 Å². The van der Waals surface area contributed by atoms with Crippen molar-refractivity contribution in [2.45, 2.75) is 38.9 Å². The number of amidine groups is 1. The van der Waals surface area contributed by atoms with Crippen molar-refractivity contribution < 1.29 is 27.2 Å². The predicted molar refractivity (Wildman–Crippen MR) is 138 cm³/mol. The highest BCUT2D eigenvalue weighted by molar-refractivity contribution is 6.31. The molecular weight excluding hydrogens is 526 g/mol. The van der Waals surface area contributed by atoms with E-state index in [4.69, 9.17) is 17.3 Å².